The summed E-state index contributed by atoms with van der Waals surface area (Å²) in [4.78, 5) is 21.7. The van der Waals surface area contributed by atoms with Gasteiger partial charge in [0.1, 0.15) is 13.2 Å². The van der Waals surface area contributed by atoms with Crippen molar-refractivity contribution in [3.8, 4) is 0 Å². The lowest BCUT2D eigenvalue weighted by Gasteiger charge is -2.09. The summed E-state index contributed by atoms with van der Waals surface area (Å²) in [5.74, 6) is -1.51. The van der Waals surface area contributed by atoms with Crippen LogP contribution < -0.4 is 5.32 Å². The minimum Gasteiger partial charge on any atom is -0.480 e. The van der Waals surface area contributed by atoms with E-state index in [-0.39, 0.29) is 6.61 Å². The van der Waals surface area contributed by atoms with Gasteiger partial charge in [-0.3, -0.25) is 4.79 Å². The number of unbranched alkanes of at least 4 members (excludes halogenated alkanes) is 10. The van der Waals surface area contributed by atoms with Gasteiger partial charge in [-0.2, -0.15) is 0 Å². The molecular formula is C35H69NO13. The van der Waals surface area contributed by atoms with Gasteiger partial charge in [-0.15, -0.1) is 0 Å². The van der Waals surface area contributed by atoms with Crippen LogP contribution in [-0.2, 0) is 57.0 Å². The number of ether oxygens (including phenoxy) is 10. The second kappa shape index (κ2) is 42.7. The van der Waals surface area contributed by atoms with E-state index < -0.39 is 18.5 Å². The Labute approximate surface area is 295 Å². The Kier molecular flexibility index (Phi) is 41.4. The Morgan fingerprint density at radius 3 is 1.04 bits per heavy atom. The molecule has 0 aliphatic heterocycles. The maximum atomic E-state index is 11.4. The van der Waals surface area contributed by atoms with Crippen molar-refractivity contribution in [2.24, 2.45) is 0 Å². The average molecular weight is 712 g/mol. The van der Waals surface area contributed by atoms with E-state index >= 15 is 0 Å². The van der Waals surface area contributed by atoms with Crippen LogP contribution in [0.2, 0.25) is 0 Å². The van der Waals surface area contributed by atoms with Gasteiger partial charge in [-0.05, 0) is 6.42 Å². The molecule has 0 radical (unpaired) electrons. The minimum absolute atomic E-state index is 0.297. The molecule has 14 nitrogen and oxygen atoms in total. The molecule has 0 atom stereocenters. The van der Waals surface area contributed by atoms with Crippen LogP contribution >= 0.6 is 0 Å². The first-order valence-corrected chi connectivity index (χ1v) is 18.4. The maximum absolute atomic E-state index is 11.4. The van der Waals surface area contributed by atoms with Crippen LogP contribution in [0.1, 0.15) is 77.6 Å². The lowest BCUT2D eigenvalue weighted by molar-refractivity contribution is -0.143. The molecule has 49 heavy (non-hydrogen) atoms. The highest BCUT2D eigenvalue weighted by atomic mass is 16.6. The van der Waals surface area contributed by atoms with Gasteiger partial charge in [-0.25, -0.2) is 4.79 Å². The topological polar surface area (TPSA) is 159 Å². The lowest BCUT2D eigenvalue weighted by atomic mass is 10.1. The lowest BCUT2D eigenvalue weighted by Crippen LogP contribution is -2.31. The number of hydrogen-bond donors (Lipinski definition) is 2. The molecule has 0 aromatic heterocycles. The SMILES string of the molecule is CCCCCCCCCCCCCOCCOCCOCCOCCOCCOCCOCCOCCOCCNC(=O)COCC(=O)O. The van der Waals surface area contributed by atoms with Crippen LogP contribution in [0, 0.1) is 0 Å². The fourth-order valence-corrected chi connectivity index (χ4v) is 4.27. The maximum Gasteiger partial charge on any atom is 0.329 e. The van der Waals surface area contributed by atoms with Crippen molar-refractivity contribution in [2.45, 2.75) is 77.6 Å². The number of rotatable bonds is 43. The summed E-state index contributed by atoms with van der Waals surface area (Å²) < 4.78 is 54.0. The second-order valence-corrected chi connectivity index (χ2v) is 11.3. The summed E-state index contributed by atoms with van der Waals surface area (Å²) in [6.45, 7) is 10.9. The van der Waals surface area contributed by atoms with E-state index in [1.54, 1.807) is 0 Å². The van der Waals surface area contributed by atoms with Gasteiger partial charge in [0.25, 0.3) is 0 Å². The third-order valence-corrected chi connectivity index (χ3v) is 6.90. The van der Waals surface area contributed by atoms with Gasteiger partial charge in [0, 0.05) is 13.2 Å². The highest BCUT2D eigenvalue weighted by Crippen LogP contribution is 2.11. The fourth-order valence-electron chi connectivity index (χ4n) is 4.27. The van der Waals surface area contributed by atoms with Gasteiger partial charge in [0.15, 0.2) is 0 Å². The van der Waals surface area contributed by atoms with Crippen molar-refractivity contribution in [1.29, 1.82) is 0 Å². The Bertz CT molecular complexity index is 675. The fraction of sp³-hybridized carbons (Fsp3) is 0.943. The zero-order valence-electron chi connectivity index (χ0n) is 30.5. The minimum atomic E-state index is -1.12. The molecule has 0 aliphatic carbocycles. The average Bonchev–Trinajstić information content (AvgIpc) is 3.09. The molecule has 0 bridgehead atoms. The third kappa shape index (κ3) is 44.5. The van der Waals surface area contributed by atoms with Gasteiger partial charge in [-0.1, -0.05) is 71.1 Å². The van der Waals surface area contributed by atoms with E-state index in [0.717, 1.165) is 13.0 Å². The number of carboxylic acids is 1. The van der Waals surface area contributed by atoms with Crippen molar-refractivity contribution in [2.75, 3.05) is 139 Å². The Balaban J connectivity index is 3.08. The first-order valence-electron chi connectivity index (χ1n) is 18.4. The number of amides is 1. The number of carbonyl (C=O) groups is 2. The summed E-state index contributed by atoms with van der Waals surface area (Å²) in [6.07, 6.45) is 14.8. The highest BCUT2D eigenvalue weighted by Gasteiger charge is 2.03. The predicted octanol–water partition coefficient (Wildman–Crippen LogP) is 3.66. The molecule has 0 spiro atoms. The van der Waals surface area contributed by atoms with Crippen molar-refractivity contribution in [1.82, 2.24) is 5.32 Å². The molecule has 14 heteroatoms. The molecule has 0 saturated heterocycles. The number of carbonyl (C=O) groups excluding carboxylic acids is 1. The molecular weight excluding hydrogens is 642 g/mol. The molecule has 0 unspecified atom stereocenters. The smallest absolute Gasteiger partial charge is 0.329 e. The monoisotopic (exact) mass is 711 g/mol. The van der Waals surface area contributed by atoms with Crippen LogP contribution in [0.5, 0.6) is 0 Å². The van der Waals surface area contributed by atoms with E-state index in [1.807, 2.05) is 0 Å². The largest absolute Gasteiger partial charge is 0.480 e. The third-order valence-electron chi connectivity index (χ3n) is 6.90. The first kappa shape index (κ1) is 47.5. The number of hydrogen-bond acceptors (Lipinski definition) is 12. The van der Waals surface area contributed by atoms with E-state index in [1.165, 1.54) is 64.2 Å². The van der Waals surface area contributed by atoms with Crippen molar-refractivity contribution in [3.05, 3.63) is 0 Å². The van der Waals surface area contributed by atoms with E-state index in [2.05, 4.69) is 17.0 Å². The summed E-state index contributed by atoms with van der Waals surface area (Å²) in [5, 5.41) is 11.0. The zero-order chi connectivity index (χ0) is 35.6. The normalized spacial score (nSPS) is 11.4. The molecule has 0 aliphatic rings. The summed E-state index contributed by atoms with van der Waals surface area (Å²) in [6, 6.07) is 0. The van der Waals surface area contributed by atoms with E-state index in [0.29, 0.717) is 119 Å². The Morgan fingerprint density at radius 1 is 0.388 bits per heavy atom. The molecule has 1 amide bonds. The molecule has 0 aromatic carbocycles. The summed E-state index contributed by atoms with van der Waals surface area (Å²) >= 11 is 0. The van der Waals surface area contributed by atoms with Crippen molar-refractivity contribution in [3.63, 3.8) is 0 Å². The molecule has 0 rings (SSSR count). The second-order valence-electron chi connectivity index (χ2n) is 11.3. The van der Waals surface area contributed by atoms with Crippen LogP contribution in [0.3, 0.4) is 0 Å². The quantitative estimate of drug-likeness (QED) is 0.0884. The predicted molar refractivity (Wildman–Crippen MR) is 185 cm³/mol. The molecule has 0 heterocycles. The molecule has 292 valence electrons. The Morgan fingerprint density at radius 2 is 0.694 bits per heavy atom. The summed E-state index contributed by atoms with van der Waals surface area (Å²) in [7, 11) is 0. The number of nitrogens with one attached hydrogen (secondary N) is 1. The first-order chi connectivity index (χ1) is 24.2. The summed E-state index contributed by atoms with van der Waals surface area (Å²) in [5.41, 5.74) is 0. The number of aliphatic carboxylic acids is 1. The van der Waals surface area contributed by atoms with Gasteiger partial charge >= 0.3 is 5.97 Å². The van der Waals surface area contributed by atoms with Gasteiger partial charge in [0.05, 0.1) is 112 Å². The number of carboxylic acid groups (broad SMARTS) is 1. The molecule has 2 N–H and O–H groups in total. The van der Waals surface area contributed by atoms with Crippen LogP contribution in [-0.4, -0.2) is 156 Å². The standard InChI is InChI=1S/C35H69NO13/c1-2-3-4-5-6-7-8-9-10-11-12-14-40-16-18-42-20-22-44-24-26-46-28-30-48-31-29-47-27-25-45-23-21-43-19-17-41-15-13-36-34(37)32-49-33-35(38)39/h2-33H2,1H3,(H,36,37)(H,38,39). The highest BCUT2D eigenvalue weighted by molar-refractivity contribution is 5.77. The van der Waals surface area contributed by atoms with Crippen molar-refractivity contribution >= 4 is 11.9 Å². The van der Waals surface area contributed by atoms with E-state index in [4.69, 9.17) is 47.7 Å². The molecule has 0 saturated carbocycles. The van der Waals surface area contributed by atoms with Gasteiger partial charge in [0.2, 0.25) is 5.91 Å². The van der Waals surface area contributed by atoms with Crippen LogP contribution in [0.4, 0.5) is 0 Å². The molecule has 0 fully saturated rings. The van der Waals surface area contributed by atoms with Gasteiger partial charge < -0.3 is 57.8 Å². The Hall–Kier alpha value is -1.46. The van der Waals surface area contributed by atoms with Crippen LogP contribution in [0.25, 0.3) is 0 Å². The van der Waals surface area contributed by atoms with E-state index in [9.17, 15) is 9.59 Å². The molecule has 0 aromatic rings. The van der Waals surface area contributed by atoms with Crippen LogP contribution in [0.15, 0.2) is 0 Å². The van der Waals surface area contributed by atoms with Crippen molar-refractivity contribution < 1.29 is 62.1 Å². The zero-order valence-corrected chi connectivity index (χ0v) is 30.5.